The molecule has 0 radical (unpaired) electrons. The number of methoxy groups -OCH3 is 1. The maximum absolute atomic E-state index is 16.0. The van der Waals surface area contributed by atoms with Gasteiger partial charge < -0.3 is 9.47 Å². The lowest BCUT2D eigenvalue weighted by molar-refractivity contribution is 0.163. The first kappa shape index (κ1) is 29.7. The molecule has 0 amide bonds. The van der Waals surface area contributed by atoms with E-state index < -0.39 is 22.7 Å². The Morgan fingerprint density at radius 3 is 2.16 bits per heavy atom. The molecule has 3 aliphatic carbocycles. The second-order valence-corrected chi connectivity index (χ2v) is 15.0. The van der Waals surface area contributed by atoms with Gasteiger partial charge in [0.05, 0.1) is 7.11 Å². The Morgan fingerprint density at radius 1 is 0.680 bits per heavy atom. The van der Waals surface area contributed by atoms with Gasteiger partial charge in [-0.25, -0.2) is 8.78 Å². The van der Waals surface area contributed by atoms with Gasteiger partial charge in [-0.1, -0.05) is 106 Å². The van der Waals surface area contributed by atoms with Crippen LogP contribution in [0.25, 0.3) is 39.1 Å². The first-order valence-electron chi connectivity index (χ1n) is 17.6. The fourth-order valence-corrected chi connectivity index (χ4v) is 9.98. The lowest BCUT2D eigenvalue weighted by atomic mass is 9.73. The Morgan fingerprint density at radius 2 is 1.38 bits per heavy atom. The molecular weight excluding hydrogens is 623 g/mol. The standard InChI is InChI=1S/C46H36F2O2/c1-44(2)37-13-7-6-10-31(37)32-19-16-28(24-38(32)44)46(27-14-17-30(49-3)18-15-27)23-20-35-42-40(33-11-4-5-12-34(33)43(35)50-46)36-25-29(47)26-39(48)41(36)45(42)21-8-9-22-45/h4-7,10-20,23-26H,8-9,21-22H2,1-3H3. The highest BCUT2D eigenvalue weighted by Gasteiger charge is 2.51. The van der Waals surface area contributed by atoms with Crippen molar-refractivity contribution in [3.63, 3.8) is 0 Å². The number of hydrogen-bond donors (Lipinski definition) is 0. The third-order valence-corrected chi connectivity index (χ3v) is 12.2. The van der Waals surface area contributed by atoms with Gasteiger partial charge in [0.2, 0.25) is 0 Å². The molecule has 50 heavy (non-hydrogen) atoms. The summed E-state index contributed by atoms with van der Waals surface area (Å²) in [7, 11) is 1.68. The molecule has 1 aliphatic heterocycles. The highest BCUT2D eigenvalue weighted by Crippen LogP contribution is 2.63. The summed E-state index contributed by atoms with van der Waals surface area (Å²) in [5.41, 5.74) is 9.73. The molecule has 0 bridgehead atoms. The Kier molecular flexibility index (Phi) is 6.03. The first-order chi connectivity index (χ1) is 24.3. The van der Waals surface area contributed by atoms with Crippen LogP contribution in [-0.2, 0) is 16.4 Å². The normalized spacial score (nSPS) is 19.9. The molecule has 1 spiro atoms. The number of halogens is 2. The van der Waals surface area contributed by atoms with E-state index in [4.69, 9.17) is 9.47 Å². The van der Waals surface area contributed by atoms with Crippen LogP contribution < -0.4 is 9.47 Å². The smallest absolute Gasteiger partial charge is 0.178 e. The van der Waals surface area contributed by atoms with E-state index in [0.717, 1.165) is 81.8 Å². The monoisotopic (exact) mass is 658 g/mol. The number of ether oxygens (including phenoxy) is 2. The molecule has 1 saturated carbocycles. The molecule has 6 aromatic rings. The highest BCUT2D eigenvalue weighted by molar-refractivity contribution is 6.08. The average Bonchev–Trinajstić information content (AvgIpc) is 3.80. The molecule has 2 nitrogen and oxygen atoms in total. The van der Waals surface area contributed by atoms with Crippen molar-refractivity contribution in [2.75, 3.05) is 7.11 Å². The minimum atomic E-state index is -0.970. The molecule has 0 N–H and O–H groups in total. The molecule has 246 valence electrons. The topological polar surface area (TPSA) is 18.5 Å². The molecular formula is C46H36F2O2. The van der Waals surface area contributed by atoms with Crippen LogP contribution in [0.15, 0.2) is 109 Å². The third kappa shape index (κ3) is 3.71. The van der Waals surface area contributed by atoms with Crippen LogP contribution in [0.3, 0.4) is 0 Å². The Labute approximate surface area is 291 Å². The van der Waals surface area contributed by atoms with E-state index in [1.54, 1.807) is 13.2 Å². The zero-order valence-corrected chi connectivity index (χ0v) is 28.4. The predicted octanol–water partition coefficient (Wildman–Crippen LogP) is 11.6. The van der Waals surface area contributed by atoms with Gasteiger partial charge in [-0.15, -0.1) is 0 Å². The van der Waals surface area contributed by atoms with Crippen molar-refractivity contribution in [2.45, 2.75) is 56.0 Å². The van der Waals surface area contributed by atoms with E-state index >= 15 is 8.78 Å². The van der Waals surface area contributed by atoms with Crippen molar-refractivity contribution >= 4 is 16.8 Å². The third-order valence-electron chi connectivity index (χ3n) is 12.2. The summed E-state index contributed by atoms with van der Waals surface area (Å²) in [6.07, 6.45) is 8.01. The van der Waals surface area contributed by atoms with Crippen LogP contribution in [0.2, 0.25) is 0 Å². The van der Waals surface area contributed by atoms with Crippen LogP contribution in [0.4, 0.5) is 8.78 Å². The summed E-state index contributed by atoms with van der Waals surface area (Å²) in [6, 6.07) is 34.4. The lowest BCUT2D eigenvalue weighted by Crippen LogP contribution is -2.35. The molecule has 0 saturated heterocycles. The molecule has 1 heterocycles. The van der Waals surface area contributed by atoms with Gasteiger partial charge in [0.1, 0.15) is 23.1 Å². The zero-order chi connectivity index (χ0) is 34.0. The van der Waals surface area contributed by atoms with Gasteiger partial charge in [0.15, 0.2) is 5.60 Å². The SMILES string of the molecule is COc1ccc(C2(c3ccc4c(c3)C(C)(C)c3ccccc3-4)C=Cc3c4c(c5ccccc5c3O2)-c2cc(F)cc(F)c2C42CCCC2)cc1. The Balaban J connectivity index is 1.26. The number of benzene rings is 6. The molecule has 4 heteroatoms. The van der Waals surface area contributed by atoms with Crippen molar-refractivity contribution in [3.05, 3.63) is 160 Å². The Bertz CT molecular complexity index is 2450. The maximum Gasteiger partial charge on any atom is 0.178 e. The molecule has 0 aromatic heterocycles. The van der Waals surface area contributed by atoms with Gasteiger partial charge >= 0.3 is 0 Å². The largest absolute Gasteiger partial charge is 0.497 e. The molecule has 10 rings (SSSR count). The quantitative estimate of drug-likeness (QED) is 0.188. The number of rotatable bonds is 3. The number of hydrogen-bond acceptors (Lipinski definition) is 2. The van der Waals surface area contributed by atoms with E-state index in [1.807, 2.05) is 24.3 Å². The van der Waals surface area contributed by atoms with Gasteiger partial charge in [-0.3, -0.25) is 0 Å². The summed E-state index contributed by atoms with van der Waals surface area (Å²) < 4.78 is 44.2. The van der Waals surface area contributed by atoms with Crippen LogP contribution >= 0.6 is 0 Å². The lowest BCUT2D eigenvalue weighted by Gasteiger charge is -2.39. The van der Waals surface area contributed by atoms with E-state index in [9.17, 15) is 0 Å². The molecule has 1 atom stereocenters. The van der Waals surface area contributed by atoms with Crippen LogP contribution in [0.5, 0.6) is 11.5 Å². The molecule has 4 aliphatic rings. The predicted molar refractivity (Wildman–Crippen MR) is 196 cm³/mol. The molecule has 6 aromatic carbocycles. The van der Waals surface area contributed by atoms with Crippen molar-refractivity contribution < 1.29 is 18.3 Å². The van der Waals surface area contributed by atoms with E-state index in [2.05, 4.69) is 92.7 Å². The Hall–Kier alpha value is -5.22. The van der Waals surface area contributed by atoms with Crippen LogP contribution in [-0.4, -0.2) is 7.11 Å². The van der Waals surface area contributed by atoms with Crippen LogP contribution in [0, 0.1) is 11.6 Å². The van der Waals surface area contributed by atoms with Crippen molar-refractivity contribution in [2.24, 2.45) is 0 Å². The van der Waals surface area contributed by atoms with Crippen molar-refractivity contribution in [1.82, 2.24) is 0 Å². The van der Waals surface area contributed by atoms with E-state index in [0.29, 0.717) is 11.1 Å². The van der Waals surface area contributed by atoms with Gasteiger partial charge in [-0.05, 0) is 87.5 Å². The second-order valence-electron chi connectivity index (χ2n) is 15.0. The minimum Gasteiger partial charge on any atom is -0.497 e. The summed E-state index contributed by atoms with van der Waals surface area (Å²) in [5, 5.41) is 1.89. The number of fused-ring (bicyclic) bond motifs is 13. The van der Waals surface area contributed by atoms with Crippen LogP contribution in [0.1, 0.15) is 78.5 Å². The van der Waals surface area contributed by atoms with Gasteiger partial charge in [0, 0.05) is 44.5 Å². The zero-order valence-electron chi connectivity index (χ0n) is 28.4. The fourth-order valence-electron chi connectivity index (χ4n) is 9.98. The highest BCUT2D eigenvalue weighted by atomic mass is 19.1. The first-order valence-corrected chi connectivity index (χ1v) is 17.6. The summed E-state index contributed by atoms with van der Waals surface area (Å²) in [4.78, 5) is 0. The van der Waals surface area contributed by atoms with Gasteiger partial charge in [0.25, 0.3) is 0 Å². The summed E-state index contributed by atoms with van der Waals surface area (Å²) >= 11 is 0. The maximum atomic E-state index is 16.0. The van der Waals surface area contributed by atoms with Gasteiger partial charge in [-0.2, -0.15) is 0 Å². The molecule has 1 fully saturated rings. The minimum absolute atomic E-state index is 0.188. The summed E-state index contributed by atoms with van der Waals surface area (Å²) in [5.74, 6) is 0.552. The van der Waals surface area contributed by atoms with E-state index in [1.165, 1.54) is 22.3 Å². The molecule has 1 unspecified atom stereocenters. The van der Waals surface area contributed by atoms with Crippen molar-refractivity contribution in [1.29, 1.82) is 0 Å². The van der Waals surface area contributed by atoms with E-state index in [-0.39, 0.29) is 5.41 Å². The second kappa shape index (κ2) is 10.2. The fraction of sp³-hybridized carbons (Fsp3) is 0.217. The summed E-state index contributed by atoms with van der Waals surface area (Å²) in [6.45, 7) is 4.59. The van der Waals surface area contributed by atoms with Crippen molar-refractivity contribution in [3.8, 4) is 33.8 Å². The average molecular weight is 659 g/mol.